The highest BCUT2D eigenvalue weighted by Crippen LogP contribution is 2.22. The number of amides is 1. The number of hydrogen-bond donors (Lipinski definition) is 1. The lowest BCUT2D eigenvalue weighted by Crippen LogP contribution is -2.15. The second kappa shape index (κ2) is 7.96. The SMILES string of the molecule is N#Cc1cc([N+](=O)[O-])ccc1NC(=O)CSCc1ccccc1. The van der Waals surface area contributed by atoms with Gasteiger partial charge < -0.3 is 5.32 Å². The molecular weight excluding hydrogens is 314 g/mol. The molecule has 0 saturated heterocycles. The smallest absolute Gasteiger partial charge is 0.270 e. The highest BCUT2D eigenvalue weighted by molar-refractivity contribution is 7.99. The Bertz CT molecular complexity index is 757. The number of nitro groups is 1. The Morgan fingerprint density at radius 3 is 2.65 bits per heavy atom. The van der Waals surface area contributed by atoms with Crippen molar-refractivity contribution in [2.24, 2.45) is 0 Å². The average molecular weight is 327 g/mol. The molecule has 0 fully saturated rings. The second-order valence-electron chi connectivity index (χ2n) is 4.63. The van der Waals surface area contributed by atoms with Crippen molar-refractivity contribution in [2.45, 2.75) is 5.75 Å². The van der Waals surface area contributed by atoms with Crippen molar-refractivity contribution in [1.29, 1.82) is 5.26 Å². The standard InChI is InChI=1S/C16H13N3O3S/c17-9-13-8-14(19(21)22)6-7-15(13)18-16(20)11-23-10-12-4-2-1-3-5-12/h1-8H,10-11H2,(H,18,20). The molecule has 0 aliphatic carbocycles. The average Bonchev–Trinajstić information content (AvgIpc) is 2.56. The number of nitrogens with one attached hydrogen (secondary N) is 1. The minimum absolute atomic E-state index is 0.0700. The van der Waals surface area contributed by atoms with Gasteiger partial charge in [-0.3, -0.25) is 14.9 Å². The van der Waals surface area contributed by atoms with Gasteiger partial charge in [0.2, 0.25) is 5.91 Å². The van der Waals surface area contributed by atoms with Gasteiger partial charge in [0.05, 0.1) is 21.9 Å². The molecule has 2 rings (SSSR count). The summed E-state index contributed by atoms with van der Waals surface area (Å²) >= 11 is 1.45. The Kier molecular flexibility index (Phi) is 5.72. The predicted octanol–water partition coefficient (Wildman–Crippen LogP) is 3.34. The van der Waals surface area contributed by atoms with E-state index in [1.54, 1.807) is 0 Å². The van der Waals surface area contributed by atoms with E-state index in [1.165, 1.54) is 23.9 Å². The third-order valence-corrected chi connectivity index (χ3v) is 3.96. The van der Waals surface area contributed by atoms with Crippen molar-refractivity contribution in [3.63, 3.8) is 0 Å². The van der Waals surface area contributed by atoms with Gasteiger partial charge >= 0.3 is 0 Å². The van der Waals surface area contributed by atoms with Crippen molar-refractivity contribution in [1.82, 2.24) is 0 Å². The molecule has 0 aliphatic heterocycles. The maximum Gasteiger partial charge on any atom is 0.270 e. The Balaban J connectivity index is 1.92. The molecule has 7 heteroatoms. The molecule has 0 saturated carbocycles. The first-order valence-electron chi connectivity index (χ1n) is 6.70. The van der Waals surface area contributed by atoms with Crippen molar-refractivity contribution < 1.29 is 9.72 Å². The molecule has 2 aromatic carbocycles. The molecular formula is C16H13N3O3S. The molecule has 0 spiro atoms. The Hall–Kier alpha value is -2.85. The lowest BCUT2D eigenvalue weighted by molar-refractivity contribution is -0.384. The van der Waals surface area contributed by atoms with Gasteiger partial charge in [-0.25, -0.2) is 0 Å². The van der Waals surface area contributed by atoms with Crippen LogP contribution in [0.2, 0.25) is 0 Å². The van der Waals surface area contributed by atoms with E-state index in [9.17, 15) is 14.9 Å². The number of carbonyl (C=O) groups is 1. The first-order chi connectivity index (χ1) is 11.1. The molecule has 0 bridgehead atoms. The monoisotopic (exact) mass is 327 g/mol. The summed E-state index contributed by atoms with van der Waals surface area (Å²) in [6.07, 6.45) is 0. The van der Waals surface area contributed by atoms with Crippen molar-refractivity contribution in [3.05, 3.63) is 69.8 Å². The minimum atomic E-state index is -0.581. The van der Waals surface area contributed by atoms with Gasteiger partial charge in [-0.05, 0) is 11.6 Å². The van der Waals surface area contributed by atoms with Gasteiger partial charge in [0.25, 0.3) is 5.69 Å². The molecule has 23 heavy (non-hydrogen) atoms. The third-order valence-electron chi connectivity index (χ3n) is 2.95. The van der Waals surface area contributed by atoms with Crippen molar-refractivity contribution in [3.8, 4) is 6.07 Å². The topological polar surface area (TPSA) is 96.0 Å². The molecule has 0 atom stereocenters. The van der Waals surface area contributed by atoms with E-state index in [0.717, 1.165) is 11.6 Å². The quantitative estimate of drug-likeness (QED) is 0.648. The molecule has 0 aliphatic rings. The number of carbonyl (C=O) groups excluding carboxylic acids is 1. The fourth-order valence-corrected chi connectivity index (χ4v) is 2.66. The van der Waals surface area contributed by atoms with Crippen LogP contribution in [0, 0.1) is 21.4 Å². The lowest BCUT2D eigenvalue weighted by atomic mass is 10.1. The number of rotatable bonds is 6. The normalized spacial score (nSPS) is 9.87. The molecule has 116 valence electrons. The van der Waals surface area contributed by atoms with Gasteiger partial charge in [-0.2, -0.15) is 5.26 Å². The first kappa shape index (κ1) is 16.5. The summed E-state index contributed by atoms with van der Waals surface area (Å²) in [4.78, 5) is 22.0. The zero-order valence-corrected chi connectivity index (χ0v) is 12.9. The number of nitro benzene ring substituents is 1. The lowest BCUT2D eigenvalue weighted by Gasteiger charge is -2.07. The van der Waals surface area contributed by atoms with E-state index >= 15 is 0 Å². The number of hydrogen-bond acceptors (Lipinski definition) is 5. The molecule has 1 amide bonds. The number of non-ortho nitro benzene ring substituents is 1. The zero-order valence-electron chi connectivity index (χ0n) is 12.1. The number of thioether (sulfide) groups is 1. The van der Waals surface area contributed by atoms with Gasteiger partial charge in [-0.1, -0.05) is 30.3 Å². The van der Waals surface area contributed by atoms with Gasteiger partial charge in [-0.15, -0.1) is 11.8 Å². The van der Waals surface area contributed by atoms with Gasteiger partial charge in [0.1, 0.15) is 6.07 Å². The summed E-state index contributed by atoms with van der Waals surface area (Å²) in [5.41, 5.74) is 1.29. The minimum Gasteiger partial charge on any atom is -0.324 e. The van der Waals surface area contributed by atoms with E-state index in [2.05, 4.69) is 5.32 Å². The highest BCUT2D eigenvalue weighted by Gasteiger charge is 2.12. The van der Waals surface area contributed by atoms with Crippen LogP contribution in [0.5, 0.6) is 0 Å². The third kappa shape index (κ3) is 4.83. The second-order valence-corrected chi connectivity index (χ2v) is 5.61. The number of nitrogens with zero attached hydrogens (tertiary/aromatic N) is 2. The summed E-state index contributed by atoms with van der Waals surface area (Å²) in [5, 5.41) is 22.3. The largest absolute Gasteiger partial charge is 0.324 e. The predicted molar refractivity (Wildman–Crippen MR) is 89.0 cm³/mol. The molecule has 2 aromatic rings. The van der Waals surface area contributed by atoms with Crippen LogP contribution in [0.4, 0.5) is 11.4 Å². The number of anilines is 1. The fourth-order valence-electron chi connectivity index (χ4n) is 1.87. The first-order valence-corrected chi connectivity index (χ1v) is 7.85. The summed E-state index contributed by atoms with van der Waals surface area (Å²) in [7, 11) is 0. The van der Waals surface area contributed by atoms with Gasteiger partial charge in [0.15, 0.2) is 0 Å². The van der Waals surface area contributed by atoms with Crippen LogP contribution in [0.3, 0.4) is 0 Å². The van der Waals surface area contributed by atoms with Crippen LogP contribution in [0.1, 0.15) is 11.1 Å². The Morgan fingerprint density at radius 2 is 2.00 bits per heavy atom. The fraction of sp³-hybridized carbons (Fsp3) is 0.125. The molecule has 0 heterocycles. The summed E-state index contributed by atoms with van der Waals surface area (Å²) < 4.78 is 0. The number of benzene rings is 2. The van der Waals surface area contributed by atoms with E-state index < -0.39 is 4.92 Å². The summed E-state index contributed by atoms with van der Waals surface area (Å²) in [6.45, 7) is 0. The summed E-state index contributed by atoms with van der Waals surface area (Å²) in [5.74, 6) is 0.687. The molecule has 6 nitrogen and oxygen atoms in total. The zero-order chi connectivity index (χ0) is 16.7. The van der Waals surface area contributed by atoms with Crippen LogP contribution < -0.4 is 5.32 Å². The van der Waals surface area contributed by atoms with Crippen molar-refractivity contribution in [2.75, 3.05) is 11.1 Å². The van der Waals surface area contributed by atoms with Crippen LogP contribution >= 0.6 is 11.8 Å². The van der Waals surface area contributed by atoms with Crippen LogP contribution in [0.15, 0.2) is 48.5 Å². The van der Waals surface area contributed by atoms with E-state index in [0.29, 0.717) is 5.75 Å². The number of nitriles is 1. The maximum absolute atomic E-state index is 11.9. The highest BCUT2D eigenvalue weighted by atomic mass is 32.2. The summed E-state index contributed by atoms with van der Waals surface area (Å²) in [6, 6.07) is 15.4. The van der Waals surface area contributed by atoms with Crippen molar-refractivity contribution >= 4 is 29.0 Å². The maximum atomic E-state index is 11.9. The van der Waals surface area contributed by atoms with Crippen LogP contribution in [-0.2, 0) is 10.5 Å². The molecule has 1 N–H and O–H groups in total. The molecule has 0 radical (unpaired) electrons. The van der Waals surface area contributed by atoms with Gasteiger partial charge in [0, 0.05) is 17.9 Å². The van der Waals surface area contributed by atoms with Crippen LogP contribution in [-0.4, -0.2) is 16.6 Å². The molecule has 0 aromatic heterocycles. The Morgan fingerprint density at radius 1 is 1.26 bits per heavy atom. The molecule has 0 unspecified atom stereocenters. The van der Waals surface area contributed by atoms with E-state index in [-0.39, 0.29) is 28.6 Å². The van der Waals surface area contributed by atoms with E-state index in [4.69, 9.17) is 5.26 Å². The van der Waals surface area contributed by atoms with Crippen LogP contribution in [0.25, 0.3) is 0 Å². The van der Waals surface area contributed by atoms with E-state index in [1.807, 2.05) is 36.4 Å². The Labute approximate surface area is 137 Å².